The van der Waals surface area contributed by atoms with E-state index in [0.29, 0.717) is 5.75 Å². The second kappa shape index (κ2) is 7.00. The highest BCUT2D eigenvalue weighted by atomic mass is 16.3. The summed E-state index contributed by atoms with van der Waals surface area (Å²) in [6, 6.07) is 40.3. The molecule has 1 N–H and O–H groups in total. The Bertz CT molecular complexity index is 1590. The van der Waals surface area contributed by atoms with E-state index in [9.17, 15) is 5.11 Å². The van der Waals surface area contributed by atoms with Crippen LogP contribution in [0.25, 0.3) is 54.6 Å². The summed E-state index contributed by atoms with van der Waals surface area (Å²) in [5.41, 5.74) is 4.85. The second-order valence-corrected chi connectivity index (χ2v) is 8.08. The van der Waals surface area contributed by atoms with Crippen LogP contribution >= 0.6 is 0 Å². The van der Waals surface area contributed by atoms with E-state index in [2.05, 4.69) is 97.1 Å². The molecular weight excluding hydrogens is 376 g/mol. The number of rotatable bonds is 2. The Labute approximate surface area is 180 Å². The summed E-state index contributed by atoms with van der Waals surface area (Å²) in [5, 5.41) is 16.9. The molecule has 0 spiro atoms. The first kappa shape index (κ1) is 17.7. The van der Waals surface area contributed by atoms with Crippen molar-refractivity contribution in [3.63, 3.8) is 0 Å². The first-order valence-electron chi connectivity index (χ1n) is 10.5. The van der Waals surface area contributed by atoms with Crippen molar-refractivity contribution in [2.45, 2.75) is 0 Å². The number of phenolic OH excluding ortho intramolecular Hbond substituents is 1. The Kier molecular flexibility index (Phi) is 4.00. The molecule has 0 amide bonds. The number of phenols is 1. The third-order valence-electron chi connectivity index (χ3n) is 6.08. The Morgan fingerprint density at radius 1 is 0.323 bits per heavy atom. The zero-order valence-electron chi connectivity index (χ0n) is 16.9. The van der Waals surface area contributed by atoms with Crippen LogP contribution in [-0.4, -0.2) is 5.11 Å². The van der Waals surface area contributed by atoms with Gasteiger partial charge in [-0.1, -0.05) is 78.9 Å². The van der Waals surface area contributed by atoms with E-state index in [0.717, 1.165) is 10.8 Å². The second-order valence-electron chi connectivity index (χ2n) is 8.08. The van der Waals surface area contributed by atoms with Gasteiger partial charge in [0.2, 0.25) is 0 Å². The van der Waals surface area contributed by atoms with Crippen LogP contribution in [0.1, 0.15) is 0 Å². The summed E-state index contributed by atoms with van der Waals surface area (Å²) in [7, 11) is 0. The van der Waals surface area contributed by atoms with E-state index in [4.69, 9.17) is 0 Å². The Morgan fingerprint density at radius 2 is 0.677 bits per heavy atom. The van der Waals surface area contributed by atoms with E-state index in [-0.39, 0.29) is 0 Å². The molecule has 6 aromatic carbocycles. The van der Waals surface area contributed by atoms with Gasteiger partial charge in [0.15, 0.2) is 0 Å². The van der Waals surface area contributed by atoms with Gasteiger partial charge >= 0.3 is 0 Å². The maximum absolute atomic E-state index is 9.69. The first-order valence-corrected chi connectivity index (χ1v) is 10.5. The average Bonchev–Trinajstić information content (AvgIpc) is 2.82. The smallest absolute Gasteiger partial charge is 0.116 e. The largest absolute Gasteiger partial charge is 0.508 e. The van der Waals surface area contributed by atoms with Crippen LogP contribution in [0.2, 0.25) is 0 Å². The molecule has 0 aliphatic carbocycles. The van der Waals surface area contributed by atoms with E-state index in [1.165, 1.54) is 43.8 Å². The minimum Gasteiger partial charge on any atom is -0.508 e. The van der Waals surface area contributed by atoms with Gasteiger partial charge in [-0.15, -0.1) is 0 Å². The van der Waals surface area contributed by atoms with Gasteiger partial charge in [-0.25, -0.2) is 0 Å². The molecule has 0 aliphatic heterocycles. The Balaban J connectivity index is 1.40. The van der Waals surface area contributed by atoms with Gasteiger partial charge < -0.3 is 5.11 Å². The van der Waals surface area contributed by atoms with E-state index < -0.39 is 0 Å². The minimum atomic E-state index is 0.299. The van der Waals surface area contributed by atoms with Gasteiger partial charge in [-0.2, -0.15) is 0 Å². The summed E-state index contributed by atoms with van der Waals surface area (Å²) in [6.45, 7) is 0. The highest BCUT2D eigenvalue weighted by Crippen LogP contribution is 2.31. The molecule has 0 aliphatic rings. The fourth-order valence-corrected chi connectivity index (χ4v) is 4.39. The Hall–Kier alpha value is -4.10. The van der Waals surface area contributed by atoms with Crippen molar-refractivity contribution < 1.29 is 5.11 Å². The summed E-state index contributed by atoms with van der Waals surface area (Å²) in [6.07, 6.45) is 0. The molecule has 6 aromatic rings. The zero-order chi connectivity index (χ0) is 20.8. The molecule has 0 unspecified atom stereocenters. The molecule has 31 heavy (non-hydrogen) atoms. The molecule has 0 fully saturated rings. The topological polar surface area (TPSA) is 20.2 Å². The number of hydrogen-bond acceptors (Lipinski definition) is 1. The van der Waals surface area contributed by atoms with Gasteiger partial charge in [0.1, 0.15) is 5.75 Å². The van der Waals surface area contributed by atoms with Crippen LogP contribution in [0.5, 0.6) is 5.75 Å². The molecule has 0 atom stereocenters. The van der Waals surface area contributed by atoms with E-state index in [1.54, 1.807) is 12.1 Å². The van der Waals surface area contributed by atoms with Crippen LogP contribution in [0.3, 0.4) is 0 Å². The molecule has 146 valence electrons. The lowest BCUT2D eigenvalue weighted by atomic mass is 9.96. The van der Waals surface area contributed by atoms with Crippen molar-refractivity contribution in [2.24, 2.45) is 0 Å². The molecule has 0 saturated heterocycles. The summed E-state index contributed by atoms with van der Waals surface area (Å²) in [4.78, 5) is 0. The van der Waals surface area contributed by atoms with Gasteiger partial charge in [0, 0.05) is 0 Å². The first-order chi connectivity index (χ1) is 15.2. The fraction of sp³-hybridized carbons (Fsp3) is 0. The van der Waals surface area contributed by atoms with Crippen LogP contribution < -0.4 is 0 Å². The summed E-state index contributed by atoms with van der Waals surface area (Å²) in [5.74, 6) is 0.299. The van der Waals surface area contributed by atoms with Crippen molar-refractivity contribution in [2.75, 3.05) is 0 Å². The molecule has 6 rings (SSSR count). The summed E-state index contributed by atoms with van der Waals surface area (Å²) >= 11 is 0. The molecular formula is C30H20O. The lowest BCUT2D eigenvalue weighted by Gasteiger charge is -2.09. The number of hydrogen-bond donors (Lipinski definition) is 1. The highest BCUT2D eigenvalue weighted by molar-refractivity contribution is 5.94. The third kappa shape index (κ3) is 3.21. The van der Waals surface area contributed by atoms with Gasteiger partial charge in [-0.05, 0) is 91.0 Å². The normalized spacial score (nSPS) is 11.4. The van der Waals surface area contributed by atoms with Gasteiger partial charge in [0.05, 0.1) is 0 Å². The lowest BCUT2D eigenvalue weighted by molar-refractivity contribution is 0.476. The SMILES string of the molecule is Oc1ccc2cc(-c3ccc4cc(-c5ccc6ccccc6c5)ccc4c3)ccc2c1. The highest BCUT2D eigenvalue weighted by Gasteiger charge is 2.05. The summed E-state index contributed by atoms with van der Waals surface area (Å²) < 4.78 is 0. The number of aromatic hydroxyl groups is 1. The van der Waals surface area contributed by atoms with Gasteiger partial charge in [-0.3, -0.25) is 0 Å². The van der Waals surface area contributed by atoms with Crippen LogP contribution in [0.4, 0.5) is 0 Å². The van der Waals surface area contributed by atoms with E-state index >= 15 is 0 Å². The van der Waals surface area contributed by atoms with Crippen LogP contribution in [0, 0.1) is 0 Å². The molecule has 1 nitrogen and oxygen atoms in total. The van der Waals surface area contributed by atoms with Crippen molar-refractivity contribution in [1.29, 1.82) is 0 Å². The van der Waals surface area contributed by atoms with Crippen molar-refractivity contribution in [3.05, 3.63) is 115 Å². The fourth-order valence-electron chi connectivity index (χ4n) is 4.39. The Morgan fingerprint density at radius 3 is 1.19 bits per heavy atom. The van der Waals surface area contributed by atoms with Gasteiger partial charge in [0.25, 0.3) is 0 Å². The monoisotopic (exact) mass is 396 g/mol. The van der Waals surface area contributed by atoms with E-state index in [1.807, 2.05) is 6.07 Å². The predicted octanol–water partition coefficient (Wildman–Crippen LogP) is 8.19. The van der Waals surface area contributed by atoms with Crippen molar-refractivity contribution in [3.8, 4) is 28.0 Å². The zero-order valence-corrected chi connectivity index (χ0v) is 16.9. The van der Waals surface area contributed by atoms with Crippen LogP contribution in [0.15, 0.2) is 115 Å². The molecule has 0 saturated carbocycles. The average molecular weight is 396 g/mol. The molecule has 1 heteroatoms. The third-order valence-corrected chi connectivity index (χ3v) is 6.08. The molecule has 0 bridgehead atoms. The number of fused-ring (bicyclic) bond motifs is 3. The maximum atomic E-state index is 9.69. The molecule has 0 heterocycles. The molecule has 0 radical (unpaired) electrons. The predicted molar refractivity (Wildman–Crippen MR) is 131 cm³/mol. The van der Waals surface area contributed by atoms with Crippen molar-refractivity contribution >= 4 is 32.3 Å². The number of benzene rings is 6. The van der Waals surface area contributed by atoms with Crippen LogP contribution in [-0.2, 0) is 0 Å². The quantitative estimate of drug-likeness (QED) is 0.313. The minimum absolute atomic E-state index is 0.299. The molecule has 0 aromatic heterocycles. The maximum Gasteiger partial charge on any atom is 0.116 e. The lowest BCUT2D eigenvalue weighted by Crippen LogP contribution is -1.83. The standard InChI is InChI=1S/C30H20O/c31-30-14-13-28-18-27(11-12-29(28)19-30)26-10-9-24-16-23(7-8-25(24)17-26)22-6-5-20-3-1-2-4-21(20)15-22/h1-19,31H. The van der Waals surface area contributed by atoms with Crippen molar-refractivity contribution in [1.82, 2.24) is 0 Å².